The van der Waals surface area contributed by atoms with Crippen LogP contribution in [-0.2, 0) is 14.4 Å². The number of rotatable bonds is 8. The van der Waals surface area contributed by atoms with Gasteiger partial charge in [-0.1, -0.05) is 65.8 Å². The summed E-state index contributed by atoms with van der Waals surface area (Å²) >= 11 is 0. The Hall–Kier alpha value is -4.07. The van der Waals surface area contributed by atoms with E-state index < -0.39 is 16.8 Å². The Balaban J connectivity index is 1.23. The van der Waals surface area contributed by atoms with Gasteiger partial charge < -0.3 is 25.5 Å². The Labute approximate surface area is 332 Å². The number of carbonyl (C=O) groups is 3. The summed E-state index contributed by atoms with van der Waals surface area (Å²) in [6.07, 6.45) is 16.1. The molecule has 9 atom stereocenters. The van der Waals surface area contributed by atoms with Crippen LogP contribution in [0.2, 0.25) is 0 Å². The standard InChI is InChI=1S/C48H62O8/c1-43(2)21-22-47(42(55)56)23-24-48(27-31(49)11-7-29-9-14-36(51)38(53)25-29)32(34(47)28-43)12-16-41-45(5)19-17-33(44(3,4)40(45)18-20-46(41,48)6)35(50)13-8-30-10-15-37(52)39(54)26-30/h7-11,13-15,25-26,32-34,40-41,51-54H,12,16-24,27-28H2,1-6H3,(H,55,56)/b11-7+,13-8+/t32-,33-,34+,40+,41-,45+,46-,47+,48+/m1/s1. The van der Waals surface area contributed by atoms with Crippen LogP contribution >= 0.6 is 0 Å². The SMILES string of the molecule is CC1(C)CC[C@]2(C(=O)O)CC[C@]3(CC(=O)/C=C/c4ccc(O)c(O)c4)[C@H](CC[C@@H]4[C@@]5(C)CC[C@H](C(=O)/C=C/c6ccc(O)c(O)c6)C(C)(C)[C@@H]5CC[C@]43C)[C@@H]2C1. The van der Waals surface area contributed by atoms with Crippen molar-refractivity contribution in [2.75, 3.05) is 0 Å². The Kier molecular flexibility index (Phi) is 9.89. The molecule has 0 aliphatic heterocycles. The highest BCUT2D eigenvalue weighted by Crippen LogP contribution is 2.78. The molecule has 0 aromatic heterocycles. The summed E-state index contributed by atoms with van der Waals surface area (Å²) in [5.74, 6) is -0.962. The largest absolute Gasteiger partial charge is 0.504 e. The fraction of sp³-hybridized carbons (Fsp3) is 0.604. The van der Waals surface area contributed by atoms with Crippen LogP contribution in [0.15, 0.2) is 48.6 Å². The molecule has 5 N–H and O–H groups in total. The van der Waals surface area contributed by atoms with E-state index in [1.807, 2.05) is 0 Å². The minimum absolute atomic E-state index is 0.0120. The van der Waals surface area contributed by atoms with E-state index in [1.165, 1.54) is 24.3 Å². The number of benzene rings is 2. The zero-order valence-corrected chi connectivity index (χ0v) is 34.1. The highest BCUT2D eigenvalue weighted by molar-refractivity contribution is 5.96. The van der Waals surface area contributed by atoms with Crippen LogP contribution in [0, 0.1) is 62.1 Å². The van der Waals surface area contributed by atoms with Crippen molar-refractivity contribution in [1.82, 2.24) is 0 Å². The fourth-order valence-electron chi connectivity index (χ4n) is 14.3. The number of hydrogen-bond acceptors (Lipinski definition) is 7. The molecule has 0 heterocycles. The second-order valence-corrected chi connectivity index (χ2v) is 20.5. The summed E-state index contributed by atoms with van der Waals surface area (Å²) in [6.45, 7) is 14.0. The van der Waals surface area contributed by atoms with Crippen LogP contribution in [0.4, 0.5) is 0 Å². The second-order valence-electron chi connectivity index (χ2n) is 20.5. The van der Waals surface area contributed by atoms with Gasteiger partial charge in [-0.2, -0.15) is 0 Å². The molecule has 56 heavy (non-hydrogen) atoms. The predicted molar refractivity (Wildman–Crippen MR) is 217 cm³/mol. The van der Waals surface area contributed by atoms with Gasteiger partial charge in [0.1, 0.15) is 0 Å². The monoisotopic (exact) mass is 766 g/mol. The zero-order chi connectivity index (χ0) is 40.6. The lowest BCUT2D eigenvalue weighted by Gasteiger charge is -2.74. The van der Waals surface area contributed by atoms with Gasteiger partial charge in [0.05, 0.1) is 5.41 Å². The van der Waals surface area contributed by atoms with E-state index in [-0.39, 0.29) is 79.9 Å². The molecular formula is C48H62O8. The Morgan fingerprint density at radius 2 is 1.27 bits per heavy atom. The number of fused-ring (bicyclic) bond motifs is 7. The number of phenolic OH excluding ortho intramolecular Hbond substituents is 4. The number of carboxylic acids is 1. The van der Waals surface area contributed by atoms with Crippen molar-refractivity contribution in [3.8, 4) is 23.0 Å². The molecule has 5 aliphatic carbocycles. The van der Waals surface area contributed by atoms with Gasteiger partial charge in [-0.05, 0) is 169 Å². The van der Waals surface area contributed by atoms with Crippen molar-refractivity contribution in [3.05, 3.63) is 59.7 Å². The van der Waals surface area contributed by atoms with Crippen LogP contribution in [0.5, 0.6) is 23.0 Å². The Bertz CT molecular complexity index is 1970. The highest BCUT2D eigenvalue weighted by Gasteiger charge is 2.72. The first-order valence-electron chi connectivity index (χ1n) is 20.9. The Morgan fingerprint density at radius 3 is 1.88 bits per heavy atom. The maximum absolute atomic E-state index is 14.4. The first-order valence-corrected chi connectivity index (χ1v) is 20.9. The number of ketones is 2. The lowest BCUT2D eigenvalue weighted by atomic mass is 9.30. The van der Waals surface area contributed by atoms with Gasteiger partial charge in [0, 0.05) is 12.3 Å². The van der Waals surface area contributed by atoms with Gasteiger partial charge >= 0.3 is 5.97 Å². The maximum Gasteiger partial charge on any atom is 0.309 e. The molecule has 7 rings (SSSR count). The summed E-state index contributed by atoms with van der Waals surface area (Å²) in [7, 11) is 0. The molecule has 2 aromatic rings. The van der Waals surface area contributed by atoms with Crippen molar-refractivity contribution in [1.29, 1.82) is 0 Å². The molecule has 0 radical (unpaired) electrons. The Morgan fingerprint density at radius 1 is 0.661 bits per heavy atom. The van der Waals surface area contributed by atoms with Crippen molar-refractivity contribution in [2.24, 2.45) is 62.1 Å². The van der Waals surface area contributed by atoms with E-state index in [4.69, 9.17) is 0 Å². The lowest BCUT2D eigenvalue weighted by Crippen LogP contribution is -2.68. The molecule has 0 amide bonds. The van der Waals surface area contributed by atoms with Crippen LogP contribution < -0.4 is 0 Å². The number of aromatic hydroxyl groups is 4. The molecule has 2 aromatic carbocycles. The van der Waals surface area contributed by atoms with E-state index in [0.717, 1.165) is 51.4 Å². The molecule has 0 bridgehead atoms. The minimum atomic E-state index is -0.775. The number of hydrogen-bond donors (Lipinski definition) is 5. The topological polar surface area (TPSA) is 152 Å². The first kappa shape index (κ1) is 40.1. The zero-order valence-electron chi connectivity index (χ0n) is 34.1. The molecule has 5 aliphatic rings. The summed E-state index contributed by atoms with van der Waals surface area (Å²) in [5.41, 5.74) is -0.467. The molecule has 0 spiro atoms. The van der Waals surface area contributed by atoms with Crippen molar-refractivity contribution in [2.45, 2.75) is 119 Å². The first-order chi connectivity index (χ1) is 26.2. The molecule has 302 valence electrons. The molecular weight excluding hydrogens is 705 g/mol. The van der Waals surface area contributed by atoms with Crippen molar-refractivity contribution >= 4 is 29.7 Å². The molecule has 5 fully saturated rings. The normalized spacial score (nSPS) is 37.2. The molecule has 5 saturated carbocycles. The third kappa shape index (κ3) is 6.28. The van der Waals surface area contributed by atoms with Gasteiger partial charge in [0.2, 0.25) is 0 Å². The third-order valence-electron chi connectivity index (χ3n) is 17.1. The van der Waals surface area contributed by atoms with Crippen LogP contribution in [0.25, 0.3) is 12.2 Å². The average Bonchev–Trinajstić information content (AvgIpc) is 3.12. The summed E-state index contributed by atoms with van der Waals surface area (Å²) in [4.78, 5) is 41.8. The molecule has 0 unspecified atom stereocenters. The second kappa shape index (κ2) is 13.8. The van der Waals surface area contributed by atoms with Gasteiger partial charge in [-0.3, -0.25) is 14.4 Å². The van der Waals surface area contributed by atoms with E-state index in [9.17, 15) is 39.9 Å². The van der Waals surface area contributed by atoms with Gasteiger partial charge in [-0.25, -0.2) is 0 Å². The third-order valence-corrected chi connectivity index (χ3v) is 17.1. The maximum atomic E-state index is 14.4. The van der Waals surface area contributed by atoms with E-state index in [2.05, 4.69) is 41.5 Å². The number of phenols is 4. The number of carbonyl (C=O) groups excluding carboxylic acids is 2. The molecule has 8 heteroatoms. The molecule has 8 nitrogen and oxygen atoms in total. The summed E-state index contributed by atoms with van der Waals surface area (Å²) in [6, 6.07) is 9.08. The van der Waals surface area contributed by atoms with Crippen LogP contribution in [-0.4, -0.2) is 43.1 Å². The molecule has 0 saturated heterocycles. The lowest BCUT2D eigenvalue weighted by molar-refractivity contribution is -0.256. The fourth-order valence-corrected chi connectivity index (χ4v) is 14.3. The summed E-state index contributed by atoms with van der Waals surface area (Å²) in [5, 5.41) is 50.6. The van der Waals surface area contributed by atoms with E-state index >= 15 is 0 Å². The smallest absolute Gasteiger partial charge is 0.309 e. The number of carboxylic acid groups (broad SMARTS) is 1. The van der Waals surface area contributed by atoms with Gasteiger partial charge in [0.25, 0.3) is 0 Å². The van der Waals surface area contributed by atoms with Crippen molar-refractivity contribution in [3.63, 3.8) is 0 Å². The average molecular weight is 767 g/mol. The minimum Gasteiger partial charge on any atom is -0.504 e. The van der Waals surface area contributed by atoms with Crippen LogP contribution in [0.3, 0.4) is 0 Å². The quantitative estimate of drug-likeness (QED) is 0.132. The summed E-state index contributed by atoms with van der Waals surface area (Å²) < 4.78 is 0. The van der Waals surface area contributed by atoms with Gasteiger partial charge in [0.15, 0.2) is 34.6 Å². The number of allylic oxidation sites excluding steroid dienone is 2. The number of aliphatic carboxylic acids is 1. The van der Waals surface area contributed by atoms with Crippen molar-refractivity contribution < 1.29 is 39.9 Å². The van der Waals surface area contributed by atoms with Crippen LogP contribution in [0.1, 0.15) is 130 Å². The predicted octanol–water partition coefficient (Wildman–Crippen LogP) is 10.3. The van der Waals surface area contributed by atoms with E-state index in [0.29, 0.717) is 42.7 Å². The van der Waals surface area contributed by atoms with Gasteiger partial charge in [-0.15, -0.1) is 0 Å². The highest BCUT2D eigenvalue weighted by atomic mass is 16.4. The van der Waals surface area contributed by atoms with E-state index in [1.54, 1.807) is 36.4 Å².